The van der Waals surface area contributed by atoms with E-state index in [9.17, 15) is 0 Å². The van der Waals surface area contributed by atoms with Gasteiger partial charge in [0.05, 0.1) is 0 Å². The van der Waals surface area contributed by atoms with Crippen molar-refractivity contribution in [3.63, 3.8) is 0 Å². The van der Waals surface area contributed by atoms with Crippen molar-refractivity contribution in [1.29, 1.82) is 0 Å². The third-order valence-corrected chi connectivity index (χ3v) is 7.33. The number of rotatable bonds is 1. The molecule has 0 aromatic carbocycles. The minimum atomic E-state index is 0.861. The van der Waals surface area contributed by atoms with Gasteiger partial charge >= 0.3 is 0 Å². The van der Waals surface area contributed by atoms with E-state index in [1.807, 2.05) is 0 Å². The molecule has 8 atom stereocenters. The zero-order chi connectivity index (χ0) is 13.0. The van der Waals surface area contributed by atoms with Crippen LogP contribution in [0.4, 0.5) is 0 Å². The third-order valence-electron chi connectivity index (χ3n) is 7.33. The van der Waals surface area contributed by atoms with E-state index in [1.54, 1.807) is 25.7 Å². The van der Waals surface area contributed by atoms with Crippen LogP contribution in [0.1, 0.15) is 58.8 Å². The fraction of sp³-hybridized carbons (Fsp3) is 1.00. The zero-order valence-electron chi connectivity index (χ0n) is 12.8. The Hall–Kier alpha value is -0.0400. The molecule has 1 N–H and O–H groups in total. The van der Waals surface area contributed by atoms with Crippen molar-refractivity contribution in [3.05, 3.63) is 0 Å². The van der Waals surface area contributed by atoms with Crippen molar-refractivity contribution in [3.8, 4) is 0 Å². The number of nitrogens with one attached hydrogen (secondary N) is 1. The average molecular weight is 261 g/mol. The second kappa shape index (κ2) is 4.76. The maximum Gasteiger partial charge on any atom is 0.00724 e. The molecule has 1 saturated heterocycles. The Kier molecular flexibility index (Phi) is 3.17. The molecule has 6 unspecified atom stereocenters. The molecular formula is C18H31N. The summed E-state index contributed by atoms with van der Waals surface area (Å²) in [6.07, 6.45) is 10.7. The largest absolute Gasteiger partial charge is 0.314 e. The highest BCUT2D eigenvalue weighted by molar-refractivity contribution is 5.00. The fourth-order valence-electron chi connectivity index (χ4n) is 6.85. The summed E-state index contributed by atoms with van der Waals surface area (Å²) in [5.74, 6) is 7.41. The smallest absolute Gasteiger partial charge is 0.00724 e. The van der Waals surface area contributed by atoms with Crippen LogP contribution in [0.15, 0.2) is 0 Å². The van der Waals surface area contributed by atoms with Gasteiger partial charge in [-0.3, -0.25) is 0 Å². The van der Waals surface area contributed by atoms with Crippen LogP contribution in [0.25, 0.3) is 0 Å². The van der Waals surface area contributed by atoms with Gasteiger partial charge in [0, 0.05) is 6.04 Å². The highest BCUT2D eigenvalue weighted by atomic mass is 14.9. The van der Waals surface area contributed by atoms with Gasteiger partial charge in [-0.2, -0.15) is 0 Å². The van der Waals surface area contributed by atoms with Crippen molar-refractivity contribution in [2.75, 3.05) is 6.54 Å². The first-order valence-electron chi connectivity index (χ1n) is 8.95. The van der Waals surface area contributed by atoms with Gasteiger partial charge < -0.3 is 5.32 Å². The molecule has 4 rings (SSSR count). The quantitative estimate of drug-likeness (QED) is 0.750. The Morgan fingerprint density at radius 1 is 0.737 bits per heavy atom. The van der Waals surface area contributed by atoms with Crippen molar-refractivity contribution >= 4 is 0 Å². The second-order valence-electron chi connectivity index (χ2n) is 8.46. The van der Waals surface area contributed by atoms with Gasteiger partial charge in [-0.1, -0.05) is 20.3 Å². The van der Waals surface area contributed by atoms with E-state index in [-0.39, 0.29) is 0 Å². The summed E-state index contributed by atoms with van der Waals surface area (Å²) in [6.45, 7) is 6.46. The van der Waals surface area contributed by atoms with E-state index < -0.39 is 0 Å². The Balaban J connectivity index is 1.59. The predicted molar refractivity (Wildman–Crippen MR) is 79.9 cm³/mol. The summed E-state index contributed by atoms with van der Waals surface area (Å²) in [6, 6.07) is 0.861. The molecule has 4 fully saturated rings. The maximum atomic E-state index is 3.75. The molecule has 0 aromatic rings. The topological polar surface area (TPSA) is 12.0 Å². The van der Waals surface area contributed by atoms with Gasteiger partial charge in [0.1, 0.15) is 0 Å². The van der Waals surface area contributed by atoms with Gasteiger partial charge in [0.2, 0.25) is 0 Å². The Morgan fingerprint density at radius 3 is 2.32 bits per heavy atom. The molecule has 1 nitrogen and oxygen atoms in total. The van der Waals surface area contributed by atoms with E-state index in [0.29, 0.717) is 0 Å². The van der Waals surface area contributed by atoms with Crippen LogP contribution >= 0.6 is 0 Å². The van der Waals surface area contributed by atoms with Gasteiger partial charge in [-0.05, 0) is 86.5 Å². The van der Waals surface area contributed by atoms with Gasteiger partial charge in [0.25, 0.3) is 0 Å². The lowest BCUT2D eigenvalue weighted by Gasteiger charge is -2.52. The van der Waals surface area contributed by atoms with Crippen molar-refractivity contribution in [2.24, 2.45) is 41.4 Å². The lowest BCUT2D eigenvalue weighted by atomic mass is 9.56. The number of hydrogen-bond acceptors (Lipinski definition) is 1. The molecule has 4 bridgehead atoms. The minimum absolute atomic E-state index is 0.861. The number of fused-ring (bicyclic) bond motifs is 4. The SMILES string of the molecule is C[C@@H]1CC2CCC(C2)C1C1C2CCNC(C2)C[C@@H]1C. The number of piperidine rings is 1. The summed E-state index contributed by atoms with van der Waals surface area (Å²) in [7, 11) is 0. The maximum absolute atomic E-state index is 3.75. The van der Waals surface area contributed by atoms with Crippen molar-refractivity contribution in [2.45, 2.75) is 64.8 Å². The van der Waals surface area contributed by atoms with Crippen molar-refractivity contribution < 1.29 is 0 Å². The summed E-state index contributed by atoms with van der Waals surface area (Å²) in [5, 5.41) is 3.75. The molecule has 0 spiro atoms. The normalized spacial score (nSPS) is 57.2. The zero-order valence-corrected chi connectivity index (χ0v) is 12.8. The summed E-state index contributed by atoms with van der Waals surface area (Å²) in [5.41, 5.74) is 0. The molecule has 1 heteroatoms. The van der Waals surface area contributed by atoms with Gasteiger partial charge in [-0.25, -0.2) is 0 Å². The predicted octanol–water partition coefficient (Wildman–Crippen LogP) is 4.08. The van der Waals surface area contributed by atoms with E-state index >= 15 is 0 Å². The first kappa shape index (κ1) is 12.7. The number of hydrogen-bond donors (Lipinski definition) is 1. The van der Waals surface area contributed by atoms with Crippen LogP contribution in [0.5, 0.6) is 0 Å². The van der Waals surface area contributed by atoms with Gasteiger partial charge in [-0.15, -0.1) is 0 Å². The fourth-order valence-corrected chi connectivity index (χ4v) is 6.85. The molecule has 0 radical (unpaired) electrons. The highest BCUT2D eigenvalue weighted by Gasteiger charge is 2.49. The molecule has 1 heterocycles. The third kappa shape index (κ3) is 2.07. The molecule has 3 aliphatic carbocycles. The lowest BCUT2D eigenvalue weighted by molar-refractivity contribution is -0.0116. The Bertz CT molecular complexity index is 337. The molecule has 19 heavy (non-hydrogen) atoms. The summed E-state index contributed by atoms with van der Waals surface area (Å²) >= 11 is 0. The van der Waals surface area contributed by atoms with Crippen LogP contribution in [0.3, 0.4) is 0 Å². The molecule has 4 aliphatic rings. The molecular weight excluding hydrogens is 230 g/mol. The summed E-state index contributed by atoms with van der Waals surface area (Å²) in [4.78, 5) is 0. The minimum Gasteiger partial charge on any atom is -0.314 e. The van der Waals surface area contributed by atoms with Crippen LogP contribution in [-0.4, -0.2) is 12.6 Å². The first-order chi connectivity index (χ1) is 9.22. The standard InChI is InChI=1S/C18H31N/c1-11-7-13-3-4-14(9-13)17(11)18-12(2)8-16-10-15(18)5-6-19-16/h11-19H,3-10H2,1-2H3/t11-,12+,13?,14?,15?,16?,17?,18?/m1/s1. The lowest BCUT2D eigenvalue weighted by Crippen LogP contribution is -2.51. The van der Waals surface area contributed by atoms with Gasteiger partial charge in [0.15, 0.2) is 0 Å². The second-order valence-corrected chi connectivity index (χ2v) is 8.46. The molecule has 3 saturated carbocycles. The van der Waals surface area contributed by atoms with E-state index in [4.69, 9.17) is 0 Å². The van der Waals surface area contributed by atoms with Crippen LogP contribution in [0.2, 0.25) is 0 Å². The molecule has 1 aliphatic heterocycles. The van der Waals surface area contributed by atoms with Crippen LogP contribution in [0, 0.1) is 41.4 Å². The van der Waals surface area contributed by atoms with E-state index in [2.05, 4.69) is 19.2 Å². The van der Waals surface area contributed by atoms with Crippen LogP contribution < -0.4 is 5.32 Å². The molecule has 0 aromatic heterocycles. The first-order valence-corrected chi connectivity index (χ1v) is 8.95. The Labute approximate surface area is 118 Å². The highest BCUT2D eigenvalue weighted by Crippen LogP contribution is 2.56. The summed E-state index contributed by atoms with van der Waals surface area (Å²) < 4.78 is 0. The van der Waals surface area contributed by atoms with Crippen LogP contribution in [-0.2, 0) is 0 Å². The monoisotopic (exact) mass is 261 g/mol. The van der Waals surface area contributed by atoms with E-state index in [0.717, 1.165) is 47.5 Å². The average Bonchev–Trinajstić information content (AvgIpc) is 2.76. The molecule has 0 amide bonds. The van der Waals surface area contributed by atoms with E-state index in [1.165, 1.54) is 25.8 Å². The molecule has 108 valence electrons. The Morgan fingerprint density at radius 2 is 1.47 bits per heavy atom. The van der Waals surface area contributed by atoms with Crippen molar-refractivity contribution in [1.82, 2.24) is 5.32 Å².